The fourth-order valence-electron chi connectivity index (χ4n) is 1.84. The molecule has 2 heterocycles. The molecule has 6 nitrogen and oxygen atoms in total. The van der Waals surface area contributed by atoms with E-state index in [1.165, 1.54) is 6.20 Å². The molecule has 2 rings (SSSR count). The van der Waals surface area contributed by atoms with Crippen molar-refractivity contribution in [2.75, 3.05) is 11.9 Å². The highest BCUT2D eigenvalue weighted by atomic mass is 16.4. The van der Waals surface area contributed by atoms with Crippen molar-refractivity contribution in [3.05, 3.63) is 47.8 Å². The molecule has 2 N–H and O–H groups in total. The van der Waals surface area contributed by atoms with Gasteiger partial charge in [0, 0.05) is 30.8 Å². The van der Waals surface area contributed by atoms with Gasteiger partial charge in [0.1, 0.15) is 5.82 Å². The molecule has 0 aliphatic carbocycles. The van der Waals surface area contributed by atoms with Gasteiger partial charge in [0.2, 0.25) is 0 Å². The predicted molar refractivity (Wildman–Crippen MR) is 79.5 cm³/mol. The summed E-state index contributed by atoms with van der Waals surface area (Å²) >= 11 is 0. The Morgan fingerprint density at radius 3 is 2.76 bits per heavy atom. The van der Waals surface area contributed by atoms with Crippen LogP contribution in [0.3, 0.4) is 0 Å². The maximum atomic E-state index is 11.3. The van der Waals surface area contributed by atoms with E-state index >= 15 is 0 Å². The Bertz CT molecular complexity index is 614. The van der Waals surface area contributed by atoms with Crippen molar-refractivity contribution in [2.45, 2.75) is 26.2 Å². The van der Waals surface area contributed by atoms with Gasteiger partial charge < -0.3 is 10.4 Å². The molecule has 0 spiro atoms. The van der Waals surface area contributed by atoms with Gasteiger partial charge in [-0.15, -0.1) is 0 Å². The molecule has 6 heteroatoms. The summed E-state index contributed by atoms with van der Waals surface area (Å²) in [6, 6.07) is 5.71. The van der Waals surface area contributed by atoms with E-state index in [4.69, 9.17) is 0 Å². The number of rotatable bonds is 6. The zero-order chi connectivity index (χ0) is 15.2. The molecule has 0 atom stereocenters. The Hall–Kier alpha value is -2.50. The van der Waals surface area contributed by atoms with Gasteiger partial charge >= 0.3 is 5.97 Å². The highest BCUT2D eigenvalue weighted by Crippen LogP contribution is 2.16. The number of carboxylic acids is 1. The van der Waals surface area contributed by atoms with Crippen LogP contribution < -0.4 is 5.32 Å². The van der Waals surface area contributed by atoms with Crippen LogP contribution in [0, 0.1) is 0 Å². The lowest BCUT2D eigenvalue weighted by Crippen LogP contribution is -2.14. The first-order valence-corrected chi connectivity index (χ1v) is 6.82. The van der Waals surface area contributed by atoms with E-state index in [2.05, 4.69) is 20.3 Å². The molecular formula is C15H18N4O2. The average Bonchev–Trinajstić information content (AvgIpc) is 2.48. The van der Waals surface area contributed by atoms with Gasteiger partial charge in [-0.05, 0) is 12.1 Å². The lowest BCUT2D eigenvalue weighted by Gasteiger charge is -2.11. The van der Waals surface area contributed by atoms with E-state index < -0.39 is 5.97 Å². The van der Waals surface area contributed by atoms with E-state index in [1.807, 2.05) is 32.0 Å². The number of anilines is 1. The van der Waals surface area contributed by atoms with E-state index in [0.717, 1.165) is 5.69 Å². The molecule has 21 heavy (non-hydrogen) atoms. The van der Waals surface area contributed by atoms with Gasteiger partial charge in [0.25, 0.3) is 0 Å². The summed E-state index contributed by atoms with van der Waals surface area (Å²) in [4.78, 5) is 23.8. The normalized spacial score (nSPS) is 10.6. The van der Waals surface area contributed by atoms with Crippen LogP contribution in [0.2, 0.25) is 0 Å². The molecule has 0 saturated heterocycles. The first-order valence-electron chi connectivity index (χ1n) is 6.82. The lowest BCUT2D eigenvalue weighted by molar-refractivity contribution is 0.0691. The Balaban J connectivity index is 2.07. The van der Waals surface area contributed by atoms with Crippen molar-refractivity contribution >= 4 is 11.7 Å². The zero-order valence-corrected chi connectivity index (χ0v) is 12.1. The van der Waals surface area contributed by atoms with Gasteiger partial charge in [0.15, 0.2) is 5.69 Å². The van der Waals surface area contributed by atoms with Gasteiger partial charge in [0.05, 0.1) is 11.9 Å². The number of nitrogens with zero attached hydrogens (tertiary/aromatic N) is 3. The van der Waals surface area contributed by atoms with Crippen LogP contribution in [-0.4, -0.2) is 32.6 Å². The fraction of sp³-hybridized carbons (Fsp3) is 0.333. The van der Waals surface area contributed by atoms with E-state index in [9.17, 15) is 9.90 Å². The minimum Gasteiger partial charge on any atom is -0.476 e. The second-order valence-electron chi connectivity index (χ2n) is 4.95. The first kappa shape index (κ1) is 14.9. The highest BCUT2D eigenvalue weighted by Gasteiger charge is 2.15. The van der Waals surface area contributed by atoms with Crippen molar-refractivity contribution in [1.82, 2.24) is 15.0 Å². The van der Waals surface area contributed by atoms with Crippen LogP contribution >= 0.6 is 0 Å². The summed E-state index contributed by atoms with van der Waals surface area (Å²) in [7, 11) is 0. The Labute approximate surface area is 123 Å². The summed E-state index contributed by atoms with van der Waals surface area (Å²) in [5.74, 6) is -0.437. The number of hydrogen-bond donors (Lipinski definition) is 2. The third-order valence-electron chi connectivity index (χ3n) is 2.95. The molecule has 110 valence electrons. The largest absolute Gasteiger partial charge is 0.476 e. The molecule has 0 aromatic carbocycles. The third-order valence-corrected chi connectivity index (χ3v) is 2.95. The maximum absolute atomic E-state index is 11.3. The van der Waals surface area contributed by atoms with Crippen LogP contribution in [0.1, 0.15) is 41.8 Å². The van der Waals surface area contributed by atoms with Gasteiger partial charge in [-0.2, -0.15) is 0 Å². The van der Waals surface area contributed by atoms with E-state index in [1.54, 1.807) is 6.20 Å². The van der Waals surface area contributed by atoms with Crippen LogP contribution in [0.5, 0.6) is 0 Å². The monoisotopic (exact) mass is 286 g/mol. The molecule has 0 aliphatic rings. The molecular weight excluding hydrogens is 268 g/mol. The summed E-state index contributed by atoms with van der Waals surface area (Å²) in [5, 5.41) is 12.3. The molecule has 0 bridgehead atoms. The van der Waals surface area contributed by atoms with Gasteiger partial charge in [-0.1, -0.05) is 19.9 Å². The fourth-order valence-corrected chi connectivity index (χ4v) is 1.84. The number of carbonyl (C=O) groups is 1. The topological polar surface area (TPSA) is 88.0 Å². The third kappa shape index (κ3) is 3.98. The summed E-state index contributed by atoms with van der Waals surface area (Å²) in [6.07, 6.45) is 3.97. The number of aromatic carboxylic acids is 1. The minimum absolute atomic E-state index is 0.00900. The van der Waals surface area contributed by atoms with Crippen LogP contribution in [-0.2, 0) is 6.42 Å². The zero-order valence-electron chi connectivity index (χ0n) is 12.1. The molecule has 0 aliphatic heterocycles. The summed E-state index contributed by atoms with van der Waals surface area (Å²) < 4.78 is 0. The van der Waals surface area contributed by atoms with Crippen molar-refractivity contribution in [1.29, 1.82) is 0 Å². The maximum Gasteiger partial charge on any atom is 0.356 e. The molecule has 0 unspecified atom stereocenters. The predicted octanol–water partition coefficient (Wildman–Crippen LogP) is 2.35. The number of carboxylic acid groups (broad SMARTS) is 1. The molecule has 0 saturated carbocycles. The molecule has 0 amide bonds. The highest BCUT2D eigenvalue weighted by molar-refractivity contribution is 5.91. The van der Waals surface area contributed by atoms with Crippen LogP contribution in [0.4, 0.5) is 5.69 Å². The SMILES string of the molecule is CC(C)c1ncc(NCCc2ccccn2)c(C(=O)O)n1. The van der Waals surface area contributed by atoms with Crippen molar-refractivity contribution in [3.8, 4) is 0 Å². The minimum atomic E-state index is -1.06. The number of aromatic nitrogens is 3. The Morgan fingerprint density at radius 1 is 1.33 bits per heavy atom. The first-order chi connectivity index (χ1) is 10.1. The molecule has 0 radical (unpaired) electrons. The van der Waals surface area contributed by atoms with E-state index in [-0.39, 0.29) is 11.6 Å². The molecule has 2 aromatic heterocycles. The van der Waals surface area contributed by atoms with Gasteiger partial charge in [-0.25, -0.2) is 14.8 Å². The average molecular weight is 286 g/mol. The van der Waals surface area contributed by atoms with Crippen molar-refractivity contribution in [2.24, 2.45) is 0 Å². The van der Waals surface area contributed by atoms with Crippen molar-refractivity contribution in [3.63, 3.8) is 0 Å². The van der Waals surface area contributed by atoms with Crippen LogP contribution in [0.15, 0.2) is 30.6 Å². The second-order valence-corrected chi connectivity index (χ2v) is 4.95. The van der Waals surface area contributed by atoms with Crippen molar-refractivity contribution < 1.29 is 9.90 Å². The summed E-state index contributed by atoms with van der Waals surface area (Å²) in [6.45, 7) is 4.42. The molecule has 2 aromatic rings. The number of hydrogen-bond acceptors (Lipinski definition) is 5. The standard InChI is InChI=1S/C15H18N4O2/c1-10(2)14-18-9-12(13(19-14)15(20)21)17-8-6-11-5-3-4-7-16-11/h3-5,7,9-10,17H,6,8H2,1-2H3,(H,20,21). The van der Waals surface area contributed by atoms with Crippen LogP contribution in [0.25, 0.3) is 0 Å². The summed E-state index contributed by atoms with van der Waals surface area (Å²) in [5.41, 5.74) is 1.39. The Morgan fingerprint density at radius 2 is 2.14 bits per heavy atom. The lowest BCUT2D eigenvalue weighted by atomic mass is 10.2. The molecule has 0 fully saturated rings. The number of pyridine rings is 1. The Kier molecular flexibility index (Phi) is 4.81. The van der Waals surface area contributed by atoms with E-state index in [0.29, 0.717) is 24.5 Å². The van der Waals surface area contributed by atoms with Gasteiger partial charge in [-0.3, -0.25) is 4.98 Å². The second kappa shape index (κ2) is 6.78. The smallest absolute Gasteiger partial charge is 0.356 e. The quantitative estimate of drug-likeness (QED) is 0.847. The number of nitrogens with one attached hydrogen (secondary N) is 1.